The Labute approximate surface area is 108 Å². The SMILES string of the molecule is Fc1ccc(CBr)c(C2=CC(Cl)=CCC2)c1. The molecule has 0 aromatic heterocycles. The van der Waals surface area contributed by atoms with E-state index in [1.165, 1.54) is 6.07 Å². The van der Waals surface area contributed by atoms with E-state index in [0.717, 1.165) is 39.9 Å². The van der Waals surface area contributed by atoms with E-state index < -0.39 is 0 Å². The summed E-state index contributed by atoms with van der Waals surface area (Å²) >= 11 is 9.39. The van der Waals surface area contributed by atoms with E-state index in [4.69, 9.17) is 11.6 Å². The Balaban J connectivity index is 2.46. The van der Waals surface area contributed by atoms with Crippen molar-refractivity contribution in [2.75, 3.05) is 0 Å². The minimum atomic E-state index is -0.203. The number of alkyl halides is 1. The Kier molecular flexibility index (Phi) is 3.82. The first-order valence-corrected chi connectivity index (χ1v) is 6.61. The van der Waals surface area contributed by atoms with Gasteiger partial charge in [0, 0.05) is 10.4 Å². The van der Waals surface area contributed by atoms with Crippen molar-refractivity contribution in [3.05, 3.63) is 52.3 Å². The lowest BCUT2D eigenvalue weighted by Crippen LogP contribution is -1.95. The molecule has 0 saturated heterocycles. The minimum absolute atomic E-state index is 0.203. The van der Waals surface area contributed by atoms with Crippen LogP contribution in [-0.2, 0) is 5.33 Å². The molecular formula is C13H11BrClF. The highest BCUT2D eigenvalue weighted by molar-refractivity contribution is 9.08. The van der Waals surface area contributed by atoms with Crippen molar-refractivity contribution in [1.82, 2.24) is 0 Å². The molecule has 1 aromatic carbocycles. The first-order valence-electron chi connectivity index (χ1n) is 5.11. The van der Waals surface area contributed by atoms with E-state index in [1.54, 1.807) is 6.07 Å². The smallest absolute Gasteiger partial charge is 0.123 e. The first-order chi connectivity index (χ1) is 7.70. The summed E-state index contributed by atoms with van der Waals surface area (Å²) in [5, 5.41) is 1.47. The lowest BCUT2D eigenvalue weighted by atomic mass is 9.94. The lowest BCUT2D eigenvalue weighted by Gasteiger charge is -2.14. The van der Waals surface area contributed by atoms with Gasteiger partial charge in [0.05, 0.1) is 0 Å². The Morgan fingerprint density at radius 3 is 2.88 bits per heavy atom. The molecule has 0 fully saturated rings. The Bertz CT molecular complexity index is 463. The summed E-state index contributed by atoms with van der Waals surface area (Å²) in [7, 11) is 0. The summed E-state index contributed by atoms with van der Waals surface area (Å²) in [6.07, 6.45) is 5.74. The molecule has 0 bridgehead atoms. The second kappa shape index (κ2) is 5.15. The first kappa shape index (κ1) is 11.9. The van der Waals surface area contributed by atoms with Crippen molar-refractivity contribution in [2.45, 2.75) is 18.2 Å². The largest absolute Gasteiger partial charge is 0.207 e. The van der Waals surface area contributed by atoms with Crippen molar-refractivity contribution in [2.24, 2.45) is 0 Å². The van der Waals surface area contributed by atoms with Crippen LogP contribution in [-0.4, -0.2) is 0 Å². The maximum absolute atomic E-state index is 13.2. The maximum Gasteiger partial charge on any atom is 0.123 e. The highest BCUT2D eigenvalue weighted by Gasteiger charge is 2.11. The topological polar surface area (TPSA) is 0 Å². The van der Waals surface area contributed by atoms with Gasteiger partial charge in [-0.25, -0.2) is 4.39 Å². The molecule has 2 rings (SSSR count). The molecule has 1 aliphatic rings. The Morgan fingerprint density at radius 2 is 2.19 bits per heavy atom. The van der Waals surface area contributed by atoms with Crippen molar-refractivity contribution < 1.29 is 4.39 Å². The van der Waals surface area contributed by atoms with Crippen molar-refractivity contribution in [1.29, 1.82) is 0 Å². The van der Waals surface area contributed by atoms with Gasteiger partial charge in [0.15, 0.2) is 0 Å². The van der Waals surface area contributed by atoms with Crippen LogP contribution in [0.5, 0.6) is 0 Å². The summed E-state index contributed by atoms with van der Waals surface area (Å²) < 4.78 is 13.2. The number of halogens is 3. The molecule has 3 heteroatoms. The van der Waals surface area contributed by atoms with Gasteiger partial charge in [-0.15, -0.1) is 0 Å². The van der Waals surface area contributed by atoms with Crippen LogP contribution in [0.15, 0.2) is 35.4 Å². The fraction of sp³-hybridized carbons (Fsp3) is 0.231. The van der Waals surface area contributed by atoms with Gasteiger partial charge in [0.1, 0.15) is 5.82 Å². The van der Waals surface area contributed by atoms with Crippen LogP contribution in [0.3, 0.4) is 0 Å². The predicted octanol–water partition coefficient (Wildman–Crippen LogP) is 5.02. The van der Waals surface area contributed by atoms with E-state index in [2.05, 4.69) is 15.9 Å². The zero-order chi connectivity index (χ0) is 11.5. The molecule has 16 heavy (non-hydrogen) atoms. The summed E-state index contributed by atoms with van der Waals surface area (Å²) in [4.78, 5) is 0. The molecule has 0 spiro atoms. The lowest BCUT2D eigenvalue weighted by molar-refractivity contribution is 0.626. The van der Waals surface area contributed by atoms with Gasteiger partial charge in [-0.3, -0.25) is 0 Å². The highest BCUT2D eigenvalue weighted by atomic mass is 79.9. The van der Waals surface area contributed by atoms with Crippen LogP contribution in [0.4, 0.5) is 4.39 Å². The number of benzene rings is 1. The van der Waals surface area contributed by atoms with E-state index in [9.17, 15) is 4.39 Å². The van der Waals surface area contributed by atoms with Crippen LogP contribution < -0.4 is 0 Å². The van der Waals surface area contributed by atoms with Crippen LogP contribution in [0, 0.1) is 5.82 Å². The average molecular weight is 302 g/mol. The summed E-state index contributed by atoms with van der Waals surface area (Å²) in [5.41, 5.74) is 3.17. The molecule has 0 amide bonds. The monoisotopic (exact) mass is 300 g/mol. The van der Waals surface area contributed by atoms with Crippen LogP contribution >= 0.6 is 27.5 Å². The molecular weight excluding hydrogens is 290 g/mol. The van der Waals surface area contributed by atoms with Gasteiger partial charge in [-0.1, -0.05) is 39.7 Å². The maximum atomic E-state index is 13.2. The molecule has 0 nitrogen and oxygen atoms in total. The fourth-order valence-corrected chi connectivity index (χ4v) is 2.57. The molecule has 0 saturated carbocycles. The Hall–Kier alpha value is -0.600. The van der Waals surface area contributed by atoms with E-state index >= 15 is 0 Å². The zero-order valence-electron chi connectivity index (χ0n) is 8.64. The highest BCUT2D eigenvalue weighted by Crippen LogP contribution is 2.31. The normalized spacial score (nSPS) is 15.7. The molecule has 1 aliphatic carbocycles. The zero-order valence-corrected chi connectivity index (χ0v) is 11.0. The molecule has 0 atom stereocenters. The number of rotatable bonds is 2. The van der Waals surface area contributed by atoms with Gasteiger partial charge in [-0.05, 0) is 47.8 Å². The Morgan fingerprint density at radius 1 is 1.38 bits per heavy atom. The molecule has 0 radical (unpaired) electrons. The third-order valence-electron chi connectivity index (χ3n) is 2.63. The van der Waals surface area contributed by atoms with Gasteiger partial charge in [0.2, 0.25) is 0 Å². The van der Waals surface area contributed by atoms with Crippen molar-refractivity contribution >= 4 is 33.1 Å². The molecule has 0 heterocycles. The minimum Gasteiger partial charge on any atom is -0.207 e. The molecule has 1 aromatic rings. The quantitative estimate of drug-likeness (QED) is 0.673. The predicted molar refractivity (Wildman–Crippen MR) is 70.2 cm³/mol. The van der Waals surface area contributed by atoms with Gasteiger partial charge < -0.3 is 0 Å². The van der Waals surface area contributed by atoms with E-state index in [0.29, 0.717) is 0 Å². The standard InChI is InChI=1S/C13H11BrClF/c14-8-10-4-5-12(16)7-13(10)9-2-1-3-11(15)6-9/h3-7H,1-2,8H2. The number of hydrogen-bond donors (Lipinski definition) is 0. The van der Waals surface area contributed by atoms with Gasteiger partial charge in [0.25, 0.3) is 0 Å². The molecule has 0 unspecified atom stereocenters. The van der Waals surface area contributed by atoms with Crippen LogP contribution in [0.1, 0.15) is 24.0 Å². The summed E-state index contributed by atoms with van der Waals surface area (Å²) in [6.45, 7) is 0. The van der Waals surface area contributed by atoms with Gasteiger partial charge >= 0.3 is 0 Å². The number of hydrogen-bond acceptors (Lipinski definition) is 0. The van der Waals surface area contributed by atoms with Crippen molar-refractivity contribution in [3.63, 3.8) is 0 Å². The fourth-order valence-electron chi connectivity index (χ4n) is 1.84. The molecule has 84 valence electrons. The van der Waals surface area contributed by atoms with Crippen LogP contribution in [0.25, 0.3) is 5.57 Å². The van der Waals surface area contributed by atoms with E-state index in [-0.39, 0.29) is 5.82 Å². The number of allylic oxidation sites excluding steroid dienone is 4. The van der Waals surface area contributed by atoms with Crippen molar-refractivity contribution in [3.8, 4) is 0 Å². The molecule has 0 aliphatic heterocycles. The van der Waals surface area contributed by atoms with Gasteiger partial charge in [-0.2, -0.15) is 0 Å². The summed E-state index contributed by atoms with van der Waals surface area (Å²) in [6, 6.07) is 4.88. The second-order valence-electron chi connectivity index (χ2n) is 3.73. The third-order valence-corrected chi connectivity index (χ3v) is 3.49. The van der Waals surface area contributed by atoms with E-state index in [1.807, 2.05) is 18.2 Å². The third kappa shape index (κ3) is 2.55. The average Bonchev–Trinajstić information content (AvgIpc) is 2.29. The van der Waals surface area contributed by atoms with Crippen LogP contribution in [0.2, 0.25) is 0 Å². The second-order valence-corrected chi connectivity index (χ2v) is 4.73. The summed E-state index contributed by atoms with van der Waals surface area (Å²) in [5.74, 6) is -0.203. The molecule has 0 N–H and O–H groups in total.